The molecule has 3 aliphatic heterocycles. The summed E-state index contributed by atoms with van der Waals surface area (Å²) in [7, 11) is 0. The highest BCUT2D eigenvalue weighted by Crippen LogP contribution is 2.47. The van der Waals surface area contributed by atoms with Crippen molar-refractivity contribution in [2.45, 2.75) is 84.3 Å². The van der Waals surface area contributed by atoms with Gasteiger partial charge in [0, 0.05) is 32.2 Å². The molecule has 1 N–H and O–H groups in total. The van der Waals surface area contributed by atoms with Crippen molar-refractivity contribution in [3.8, 4) is 22.8 Å². The van der Waals surface area contributed by atoms with Gasteiger partial charge in [-0.3, -0.25) is 4.79 Å². The summed E-state index contributed by atoms with van der Waals surface area (Å²) in [6.07, 6.45) is -1.84. The van der Waals surface area contributed by atoms with Gasteiger partial charge in [0.2, 0.25) is 0 Å². The number of carbonyl (C=O) groups is 3. The van der Waals surface area contributed by atoms with Crippen LogP contribution < -0.4 is 14.4 Å². The summed E-state index contributed by atoms with van der Waals surface area (Å²) in [6.45, 7) is 12.9. The Morgan fingerprint density at radius 1 is 1.04 bits per heavy atom. The molecule has 4 heterocycles. The van der Waals surface area contributed by atoms with Crippen LogP contribution in [0.2, 0.25) is 5.02 Å². The molecule has 0 saturated carbocycles. The van der Waals surface area contributed by atoms with Crippen molar-refractivity contribution in [2.75, 3.05) is 37.7 Å². The Kier molecular flexibility index (Phi) is 9.04. The fraction of sp³-hybridized carbons (Fsp3) is 0.562. The van der Waals surface area contributed by atoms with E-state index < -0.39 is 47.3 Å². The summed E-state index contributed by atoms with van der Waals surface area (Å²) in [5, 5.41) is 10.4. The van der Waals surface area contributed by atoms with E-state index in [2.05, 4.69) is 0 Å². The molecule has 2 aromatic rings. The Labute approximate surface area is 272 Å². The minimum atomic E-state index is -1.06. The highest BCUT2D eigenvalue weighted by atomic mass is 35.5. The molecule has 14 heteroatoms. The number of pyridine rings is 1. The number of piperazine rings is 1. The molecule has 5 rings (SSSR count). The minimum absolute atomic E-state index is 0.0232. The Bertz CT molecular complexity index is 1540. The van der Waals surface area contributed by atoms with Crippen molar-refractivity contribution in [3.63, 3.8) is 0 Å². The van der Waals surface area contributed by atoms with Gasteiger partial charge < -0.3 is 38.8 Å². The van der Waals surface area contributed by atoms with Gasteiger partial charge in [-0.1, -0.05) is 17.7 Å². The Morgan fingerprint density at radius 3 is 2.37 bits per heavy atom. The maximum absolute atomic E-state index is 15.7. The van der Waals surface area contributed by atoms with E-state index in [9.17, 15) is 19.5 Å². The lowest BCUT2D eigenvalue weighted by atomic mass is 10.0. The first-order valence-corrected chi connectivity index (χ1v) is 15.6. The summed E-state index contributed by atoms with van der Waals surface area (Å²) < 4.78 is 38.2. The van der Waals surface area contributed by atoms with Crippen molar-refractivity contribution < 1.29 is 42.8 Å². The van der Waals surface area contributed by atoms with Gasteiger partial charge in [-0.2, -0.15) is 0 Å². The molecule has 2 saturated heterocycles. The third kappa shape index (κ3) is 6.95. The lowest BCUT2D eigenvalue weighted by Gasteiger charge is -2.40. The maximum atomic E-state index is 15.7. The predicted octanol–water partition coefficient (Wildman–Crippen LogP) is 5.27. The molecular formula is C32H40ClFN4O8. The minimum Gasteiger partial charge on any atom is -0.489 e. The van der Waals surface area contributed by atoms with Crippen molar-refractivity contribution in [1.82, 2.24) is 14.8 Å². The number of aliphatic hydroxyl groups excluding tert-OH is 1. The lowest BCUT2D eigenvalue weighted by Crippen LogP contribution is -2.58. The van der Waals surface area contributed by atoms with E-state index in [1.807, 2.05) is 6.92 Å². The monoisotopic (exact) mass is 662 g/mol. The number of β-amino-alcohol motifs (C(OH)–C–C–N with tert-alkyl or cyclic N) is 1. The van der Waals surface area contributed by atoms with E-state index in [0.29, 0.717) is 6.42 Å². The second-order valence-corrected chi connectivity index (χ2v) is 14.1. The largest absolute Gasteiger partial charge is 0.514 e. The number of rotatable bonds is 3. The number of ether oxygens (including phenoxy) is 4. The van der Waals surface area contributed by atoms with Crippen LogP contribution in [0.1, 0.15) is 65.2 Å². The molecule has 1 unspecified atom stereocenters. The first-order chi connectivity index (χ1) is 21.4. The third-order valence-corrected chi connectivity index (χ3v) is 8.08. The van der Waals surface area contributed by atoms with Crippen molar-refractivity contribution in [1.29, 1.82) is 0 Å². The molecule has 250 valence electrons. The molecule has 1 aromatic carbocycles. The Hall–Kier alpha value is -3.84. The average Bonchev–Trinajstić information content (AvgIpc) is 3.19. The number of fused-ring (bicyclic) bond motifs is 2. The van der Waals surface area contributed by atoms with Gasteiger partial charge in [0.05, 0.1) is 17.7 Å². The van der Waals surface area contributed by atoms with E-state index in [-0.39, 0.29) is 78.0 Å². The molecule has 0 spiro atoms. The van der Waals surface area contributed by atoms with E-state index in [1.54, 1.807) is 51.3 Å². The van der Waals surface area contributed by atoms with Crippen LogP contribution in [0.4, 0.5) is 19.8 Å². The summed E-state index contributed by atoms with van der Waals surface area (Å²) in [6, 6.07) is 3.12. The molecule has 0 radical (unpaired) electrons. The summed E-state index contributed by atoms with van der Waals surface area (Å²) >= 11 is 6.93. The van der Waals surface area contributed by atoms with Crippen molar-refractivity contribution >= 4 is 35.6 Å². The zero-order chi connectivity index (χ0) is 33.7. The first kappa shape index (κ1) is 33.5. The zero-order valence-corrected chi connectivity index (χ0v) is 27.8. The quantitative estimate of drug-likeness (QED) is 0.343. The van der Waals surface area contributed by atoms with Gasteiger partial charge >= 0.3 is 12.2 Å². The van der Waals surface area contributed by atoms with E-state index in [1.165, 1.54) is 23.1 Å². The van der Waals surface area contributed by atoms with Crippen molar-refractivity contribution in [2.24, 2.45) is 0 Å². The second kappa shape index (κ2) is 12.4. The third-order valence-electron chi connectivity index (χ3n) is 7.72. The number of hydrogen-bond donors (Lipinski definition) is 1. The first-order valence-electron chi connectivity index (χ1n) is 15.2. The highest BCUT2D eigenvalue weighted by Gasteiger charge is 2.43. The highest BCUT2D eigenvalue weighted by molar-refractivity contribution is 6.35. The fourth-order valence-electron chi connectivity index (χ4n) is 5.79. The lowest BCUT2D eigenvalue weighted by molar-refractivity contribution is 0.000935. The maximum Gasteiger partial charge on any atom is 0.514 e. The van der Waals surface area contributed by atoms with Gasteiger partial charge in [0.15, 0.2) is 5.75 Å². The number of carbonyl (C=O) groups excluding carboxylic acids is 3. The Balaban J connectivity index is 1.60. The molecule has 3 atom stereocenters. The van der Waals surface area contributed by atoms with Gasteiger partial charge in [0.1, 0.15) is 51.5 Å². The predicted molar refractivity (Wildman–Crippen MR) is 167 cm³/mol. The molecule has 46 heavy (non-hydrogen) atoms. The summed E-state index contributed by atoms with van der Waals surface area (Å²) in [4.78, 5) is 49.4. The van der Waals surface area contributed by atoms with Crippen molar-refractivity contribution in [3.05, 3.63) is 34.6 Å². The van der Waals surface area contributed by atoms with E-state index in [0.717, 1.165) is 0 Å². The molecule has 2 amide bonds. The number of anilines is 1. The Morgan fingerprint density at radius 2 is 1.74 bits per heavy atom. The smallest absolute Gasteiger partial charge is 0.489 e. The number of hydrogen-bond acceptors (Lipinski definition) is 10. The molecule has 2 fully saturated rings. The number of aromatic nitrogens is 1. The number of aliphatic hydroxyl groups is 1. The standard InChI is InChI=1S/C32H40ClFN4O8/c1-17-13-19(39)15-38(17)27-23-26(43-16-18-14-36(11-12-37(18)28(23)40)29(41)45-31(2,3)4)24(33)25(35-27)22-20(34)9-8-10-21(22)44-30(42)46-32(5,6)7/h8-10,17-19,39H,11-16H2,1-7H3/t17-,18?,19-/m0/s1. The second-order valence-electron chi connectivity index (χ2n) is 13.8. The molecular weight excluding hydrogens is 623 g/mol. The number of halogens is 2. The zero-order valence-electron chi connectivity index (χ0n) is 27.1. The van der Waals surface area contributed by atoms with Crippen LogP contribution in [0, 0.1) is 5.82 Å². The van der Waals surface area contributed by atoms with Crippen LogP contribution in [0.5, 0.6) is 11.5 Å². The van der Waals surface area contributed by atoms with Gasteiger partial charge in [-0.15, -0.1) is 0 Å². The SMILES string of the molecule is C[C@H]1C[C@H](O)CN1c1nc(-c2c(F)cccc2OC(=O)OC(C)(C)C)c(Cl)c2c1C(=O)N1CCN(C(=O)OC(C)(C)C)CC1CO2. The summed E-state index contributed by atoms with van der Waals surface area (Å²) in [5.41, 5.74) is -1.86. The molecule has 1 aromatic heterocycles. The van der Waals surface area contributed by atoms with Gasteiger partial charge in [-0.05, 0) is 67.0 Å². The number of nitrogens with zero attached hydrogens (tertiary/aromatic N) is 4. The van der Waals surface area contributed by atoms with Crippen LogP contribution in [0.25, 0.3) is 11.3 Å². The van der Waals surface area contributed by atoms with Crippen LogP contribution in [0.15, 0.2) is 18.2 Å². The molecule has 0 aliphatic carbocycles. The van der Waals surface area contributed by atoms with Crippen LogP contribution in [-0.4, -0.2) is 100 Å². The molecule has 3 aliphatic rings. The van der Waals surface area contributed by atoms with Gasteiger partial charge in [-0.25, -0.2) is 19.0 Å². The summed E-state index contributed by atoms with van der Waals surface area (Å²) in [5.74, 6) is -1.30. The topological polar surface area (TPSA) is 131 Å². The van der Waals surface area contributed by atoms with Crippen LogP contribution in [0.3, 0.4) is 0 Å². The molecule has 0 bridgehead atoms. The van der Waals surface area contributed by atoms with Crippen LogP contribution >= 0.6 is 11.6 Å². The number of amides is 2. The number of benzene rings is 1. The average molecular weight is 663 g/mol. The normalized spacial score (nSPS) is 21.7. The fourth-order valence-corrected chi connectivity index (χ4v) is 6.08. The van der Waals surface area contributed by atoms with E-state index in [4.69, 9.17) is 35.5 Å². The van der Waals surface area contributed by atoms with Crippen LogP contribution in [-0.2, 0) is 9.47 Å². The van der Waals surface area contributed by atoms with Gasteiger partial charge in [0.25, 0.3) is 5.91 Å². The van der Waals surface area contributed by atoms with E-state index >= 15 is 4.39 Å². The molecule has 12 nitrogen and oxygen atoms in total.